The molecule has 2 aromatic rings. The smallest absolute Gasteiger partial charge is 0.253 e. The summed E-state index contributed by atoms with van der Waals surface area (Å²) in [7, 11) is 0. The summed E-state index contributed by atoms with van der Waals surface area (Å²) in [5.74, 6) is 0. The van der Waals surface area contributed by atoms with Gasteiger partial charge in [0, 0.05) is 24.2 Å². The lowest BCUT2D eigenvalue weighted by atomic mass is 9.86. The number of hydrogen-bond acceptors (Lipinski definition) is 5. The van der Waals surface area contributed by atoms with E-state index >= 15 is 0 Å². The van der Waals surface area contributed by atoms with Crippen LogP contribution < -0.4 is 27.2 Å². The van der Waals surface area contributed by atoms with Gasteiger partial charge in [-0.1, -0.05) is 26.0 Å². The van der Waals surface area contributed by atoms with Crippen LogP contribution in [0.15, 0.2) is 27.8 Å². The van der Waals surface area contributed by atoms with Crippen LogP contribution in [0.5, 0.6) is 0 Å². The first kappa shape index (κ1) is 15.5. The summed E-state index contributed by atoms with van der Waals surface area (Å²) in [5.41, 5.74) is 13.6. The molecule has 3 rings (SSSR count). The molecule has 0 fully saturated rings. The van der Waals surface area contributed by atoms with E-state index in [1.807, 2.05) is 23.1 Å². The lowest BCUT2D eigenvalue weighted by Gasteiger charge is -2.24. The van der Waals surface area contributed by atoms with E-state index in [1.54, 1.807) is 0 Å². The fourth-order valence-corrected chi connectivity index (χ4v) is 2.93. The molecule has 5 nitrogen and oxygen atoms in total. The molecule has 0 bridgehead atoms. The first-order valence-electron chi connectivity index (χ1n) is 6.56. The van der Waals surface area contributed by atoms with Gasteiger partial charge in [-0.05, 0) is 17.2 Å². The maximum absolute atomic E-state index is 11.8. The Bertz CT molecular complexity index is 776. The number of nitrogens with two attached hydrogens (primary N) is 2. The molecule has 0 aromatic heterocycles. The van der Waals surface area contributed by atoms with Crippen LogP contribution in [0.25, 0.3) is 0 Å². The van der Waals surface area contributed by atoms with E-state index in [0.717, 1.165) is 16.8 Å². The fourth-order valence-electron chi connectivity index (χ4n) is 2.93. The lowest BCUT2D eigenvalue weighted by molar-refractivity contribution is 0.568. The summed E-state index contributed by atoms with van der Waals surface area (Å²) in [6.07, 6.45) is 0. The highest BCUT2D eigenvalue weighted by molar-refractivity contribution is 5.85. The van der Waals surface area contributed by atoms with Crippen molar-refractivity contribution in [2.75, 3.05) is 17.2 Å². The number of anilines is 3. The van der Waals surface area contributed by atoms with Gasteiger partial charge in [0.1, 0.15) is 11.4 Å². The second-order valence-electron chi connectivity index (χ2n) is 5.95. The molecule has 2 aromatic carbocycles. The minimum atomic E-state index is -0.582. The van der Waals surface area contributed by atoms with Gasteiger partial charge in [0.05, 0.1) is 0 Å². The Kier molecular flexibility index (Phi) is 3.59. The predicted octanol–water partition coefficient (Wildman–Crippen LogP) is 1.17. The monoisotopic (exact) mass is 307 g/mol. The normalized spacial score (nSPS) is 15.9. The van der Waals surface area contributed by atoms with Gasteiger partial charge >= 0.3 is 0 Å². The average Bonchev–Trinajstić information content (AvgIpc) is 2.69. The summed E-state index contributed by atoms with van der Waals surface area (Å²) in [6, 6.07) is 6.01. The Balaban J connectivity index is 0.00000161. The summed E-state index contributed by atoms with van der Waals surface area (Å²) in [6.45, 7) is 5.28. The molecule has 0 saturated heterocycles. The summed E-state index contributed by atoms with van der Waals surface area (Å²) in [4.78, 5) is 25.0. The maximum Gasteiger partial charge on any atom is 0.253 e. The number of halogens is 1. The number of rotatable bonds is 2. The van der Waals surface area contributed by atoms with Crippen LogP contribution in [0.3, 0.4) is 0 Å². The third-order valence-electron chi connectivity index (χ3n) is 4.06. The largest absolute Gasteiger partial charge is 0.394 e. The van der Waals surface area contributed by atoms with Crippen LogP contribution in [0.2, 0.25) is 0 Å². The third-order valence-corrected chi connectivity index (χ3v) is 4.06. The van der Waals surface area contributed by atoms with E-state index in [4.69, 9.17) is 11.5 Å². The van der Waals surface area contributed by atoms with Crippen molar-refractivity contribution >= 4 is 29.5 Å². The molecule has 0 radical (unpaired) electrons. The molecule has 21 heavy (non-hydrogen) atoms. The van der Waals surface area contributed by atoms with Crippen molar-refractivity contribution < 1.29 is 0 Å². The molecule has 1 aliphatic heterocycles. The van der Waals surface area contributed by atoms with Gasteiger partial charge in [-0.3, -0.25) is 9.59 Å². The number of fused-ring (bicyclic) bond motifs is 1. The number of benzene rings is 1. The minimum absolute atomic E-state index is 0. The summed E-state index contributed by atoms with van der Waals surface area (Å²) >= 11 is 0. The molecular formula is C15H18ClN3O2. The van der Waals surface area contributed by atoms with Crippen LogP contribution in [0, 0.1) is 0 Å². The maximum atomic E-state index is 11.8. The van der Waals surface area contributed by atoms with E-state index in [0.29, 0.717) is 18.8 Å². The molecule has 4 N–H and O–H groups in total. The van der Waals surface area contributed by atoms with Crippen LogP contribution in [0.1, 0.15) is 25.0 Å². The Morgan fingerprint density at radius 1 is 1.24 bits per heavy atom. The van der Waals surface area contributed by atoms with E-state index in [9.17, 15) is 9.59 Å². The highest BCUT2D eigenvalue weighted by Gasteiger charge is 2.39. The molecule has 0 unspecified atom stereocenters. The van der Waals surface area contributed by atoms with Crippen molar-refractivity contribution in [2.45, 2.75) is 25.8 Å². The molecule has 6 heteroatoms. The third kappa shape index (κ3) is 2.04. The SMILES string of the molecule is CC1(C)CN(c2c(N)c(=O)c2=O)c2cc(CN)ccc21.Cl. The molecule has 0 atom stereocenters. The average molecular weight is 308 g/mol. The van der Waals surface area contributed by atoms with Crippen molar-refractivity contribution in [3.8, 4) is 0 Å². The second-order valence-corrected chi connectivity index (χ2v) is 5.95. The topological polar surface area (TPSA) is 89.4 Å². The minimum Gasteiger partial charge on any atom is -0.394 e. The molecule has 1 aliphatic rings. The van der Waals surface area contributed by atoms with Crippen molar-refractivity contribution in [2.24, 2.45) is 5.73 Å². The van der Waals surface area contributed by atoms with E-state index in [1.165, 1.54) is 0 Å². The van der Waals surface area contributed by atoms with Gasteiger partial charge in [-0.2, -0.15) is 0 Å². The molecule has 0 spiro atoms. The number of nitrogen functional groups attached to an aromatic ring is 1. The molecule has 0 saturated carbocycles. The zero-order valence-electron chi connectivity index (χ0n) is 12.0. The zero-order chi connectivity index (χ0) is 14.7. The Morgan fingerprint density at radius 3 is 2.48 bits per heavy atom. The summed E-state index contributed by atoms with van der Waals surface area (Å²) < 4.78 is 0. The first-order valence-corrected chi connectivity index (χ1v) is 6.56. The van der Waals surface area contributed by atoms with Crippen molar-refractivity contribution in [1.82, 2.24) is 0 Å². The second kappa shape index (κ2) is 4.86. The van der Waals surface area contributed by atoms with Crippen LogP contribution >= 0.6 is 12.4 Å². The molecular weight excluding hydrogens is 290 g/mol. The number of hydrogen-bond donors (Lipinski definition) is 2. The zero-order valence-corrected chi connectivity index (χ0v) is 12.8. The highest BCUT2D eigenvalue weighted by Crippen LogP contribution is 2.44. The Labute approximate surface area is 128 Å². The predicted molar refractivity (Wildman–Crippen MR) is 87.4 cm³/mol. The molecule has 0 aliphatic carbocycles. The van der Waals surface area contributed by atoms with Crippen molar-refractivity contribution in [1.29, 1.82) is 0 Å². The summed E-state index contributed by atoms with van der Waals surface area (Å²) in [5, 5.41) is 0. The van der Waals surface area contributed by atoms with Crippen LogP contribution in [-0.2, 0) is 12.0 Å². The standard InChI is InChI=1S/C15H17N3O2.ClH/c1-15(2)7-18(12-11(17)13(19)14(12)20)10-5-8(6-16)3-4-9(10)15;/h3-5H,6-7,16-17H2,1-2H3;1H. The van der Waals surface area contributed by atoms with Gasteiger partial charge in [0.15, 0.2) is 0 Å². The first-order chi connectivity index (χ1) is 9.36. The molecule has 0 amide bonds. The van der Waals surface area contributed by atoms with E-state index in [2.05, 4.69) is 13.8 Å². The highest BCUT2D eigenvalue weighted by atomic mass is 35.5. The number of nitrogens with zero attached hydrogens (tertiary/aromatic N) is 1. The molecule has 1 heterocycles. The van der Waals surface area contributed by atoms with Crippen LogP contribution in [-0.4, -0.2) is 6.54 Å². The van der Waals surface area contributed by atoms with Gasteiger partial charge in [0.2, 0.25) is 0 Å². The Hall–Kier alpha value is -1.85. The fraction of sp³-hybridized carbons (Fsp3) is 0.333. The Morgan fingerprint density at radius 2 is 1.90 bits per heavy atom. The van der Waals surface area contributed by atoms with Crippen molar-refractivity contribution in [3.05, 3.63) is 49.8 Å². The van der Waals surface area contributed by atoms with E-state index < -0.39 is 10.9 Å². The van der Waals surface area contributed by atoms with Crippen molar-refractivity contribution in [3.63, 3.8) is 0 Å². The van der Waals surface area contributed by atoms with Gasteiger partial charge < -0.3 is 16.4 Å². The molecule has 112 valence electrons. The van der Waals surface area contributed by atoms with Gasteiger partial charge in [-0.25, -0.2) is 0 Å². The lowest BCUT2D eigenvalue weighted by Crippen LogP contribution is -2.41. The van der Waals surface area contributed by atoms with Gasteiger partial charge in [0.25, 0.3) is 10.9 Å². The quantitative estimate of drug-likeness (QED) is 0.813. The van der Waals surface area contributed by atoms with Gasteiger partial charge in [-0.15, -0.1) is 12.4 Å². The van der Waals surface area contributed by atoms with E-state index in [-0.39, 0.29) is 23.5 Å². The van der Waals surface area contributed by atoms with Crippen LogP contribution in [0.4, 0.5) is 17.1 Å².